The SMILES string of the molecule is Cn1nc([C@@H]2CCCOC2)cc1NC(=O)CC1(C)CCCCC1. The van der Waals surface area contributed by atoms with Crippen molar-refractivity contribution in [3.8, 4) is 0 Å². The van der Waals surface area contributed by atoms with Crippen LogP contribution in [0.3, 0.4) is 0 Å². The number of carbonyl (C=O) groups is 1. The number of carbonyl (C=O) groups excluding carboxylic acids is 1. The maximum Gasteiger partial charge on any atom is 0.226 e. The molecule has 2 heterocycles. The first-order chi connectivity index (χ1) is 11.1. The Balaban J connectivity index is 1.60. The van der Waals surface area contributed by atoms with E-state index >= 15 is 0 Å². The zero-order valence-corrected chi connectivity index (χ0v) is 14.4. The minimum atomic E-state index is 0.115. The first kappa shape index (κ1) is 16.5. The Hall–Kier alpha value is -1.36. The van der Waals surface area contributed by atoms with Gasteiger partial charge in [0.05, 0.1) is 12.3 Å². The minimum Gasteiger partial charge on any atom is -0.381 e. The van der Waals surface area contributed by atoms with Crippen LogP contribution in [0.2, 0.25) is 0 Å². The summed E-state index contributed by atoms with van der Waals surface area (Å²) in [5.41, 5.74) is 1.20. The highest BCUT2D eigenvalue weighted by atomic mass is 16.5. The molecule has 3 rings (SSSR count). The summed E-state index contributed by atoms with van der Waals surface area (Å²) in [6.45, 7) is 3.84. The third kappa shape index (κ3) is 4.14. The number of aryl methyl sites for hydroxylation is 1. The van der Waals surface area contributed by atoms with E-state index in [1.807, 2.05) is 13.1 Å². The van der Waals surface area contributed by atoms with Crippen molar-refractivity contribution in [2.75, 3.05) is 18.5 Å². The largest absolute Gasteiger partial charge is 0.381 e. The average Bonchev–Trinajstić information content (AvgIpc) is 2.89. The number of ether oxygens (including phenoxy) is 1. The van der Waals surface area contributed by atoms with E-state index in [0.29, 0.717) is 12.3 Å². The Kier molecular flexibility index (Phi) is 5.05. The molecule has 2 aliphatic rings. The van der Waals surface area contributed by atoms with Gasteiger partial charge in [0.15, 0.2) is 0 Å². The molecule has 128 valence electrons. The van der Waals surface area contributed by atoms with E-state index in [9.17, 15) is 4.79 Å². The summed E-state index contributed by atoms with van der Waals surface area (Å²) >= 11 is 0. The quantitative estimate of drug-likeness (QED) is 0.922. The molecule has 1 aromatic rings. The maximum atomic E-state index is 12.4. The summed E-state index contributed by atoms with van der Waals surface area (Å²) in [5.74, 6) is 1.27. The van der Waals surface area contributed by atoms with Crippen LogP contribution in [0, 0.1) is 5.41 Å². The fourth-order valence-corrected chi connectivity index (χ4v) is 3.94. The van der Waals surface area contributed by atoms with Gasteiger partial charge in [0.25, 0.3) is 0 Å². The lowest BCUT2D eigenvalue weighted by Crippen LogP contribution is -2.27. The fraction of sp³-hybridized carbons (Fsp3) is 0.778. The summed E-state index contributed by atoms with van der Waals surface area (Å²) < 4.78 is 7.33. The van der Waals surface area contributed by atoms with Crippen LogP contribution in [0.25, 0.3) is 0 Å². The summed E-state index contributed by atoms with van der Waals surface area (Å²) in [4.78, 5) is 12.4. The third-order valence-corrected chi connectivity index (χ3v) is 5.39. The number of aromatic nitrogens is 2. The van der Waals surface area contributed by atoms with Gasteiger partial charge in [-0.15, -0.1) is 0 Å². The van der Waals surface area contributed by atoms with Crippen LogP contribution in [-0.2, 0) is 16.6 Å². The molecule has 2 fully saturated rings. The van der Waals surface area contributed by atoms with Crippen LogP contribution in [0.5, 0.6) is 0 Å². The smallest absolute Gasteiger partial charge is 0.226 e. The van der Waals surface area contributed by atoms with Gasteiger partial charge in [-0.1, -0.05) is 26.2 Å². The van der Waals surface area contributed by atoms with Crippen LogP contribution in [0.15, 0.2) is 6.07 Å². The van der Waals surface area contributed by atoms with E-state index in [2.05, 4.69) is 17.3 Å². The topological polar surface area (TPSA) is 56.1 Å². The Labute approximate surface area is 138 Å². The van der Waals surface area contributed by atoms with Gasteiger partial charge >= 0.3 is 0 Å². The van der Waals surface area contributed by atoms with Gasteiger partial charge < -0.3 is 10.1 Å². The molecule has 1 N–H and O–H groups in total. The monoisotopic (exact) mass is 319 g/mol. The predicted octanol–water partition coefficient (Wildman–Crippen LogP) is 3.61. The van der Waals surface area contributed by atoms with Gasteiger partial charge in [-0.25, -0.2) is 0 Å². The van der Waals surface area contributed by atoms with Crippen LogP contribution in [0.1, 0.15) is 69.9 Å². The molecule has 1 aromatic heterocycles. The molecule has 0 unspecified atom stereocenters. The van der Waals surface area contributed by atoms with Gasteiger partial charge in [-0.3, -0.25) is 9.48 Å². The molecule has 1 aliphatic carbocycles. The summed E-state index contributed by atoms with van der Waals surface area (Å²) in [6, 6.07) is 2.01. The van der Waals surface area contributed by atoms with Crippen molar-refractivity contribution in [2.24, 2.45) is 12.5 Å². The first-order valence-electron chi connectivity index (χ1n) is 8.97. The lowest BCUT2D eigenvalue weighted by Gasteiger charge is -2.32. The highest BCUT2D eigenvalue weighted by Crippen LogP contribution is 2.38. The number of nitrogens with zero attached hydrogens (tertiary/aromatic N) is 2. The van der Waals surface area contributed by atoms with E-state index < -0.39 is 0 Å². The Bertz CT molecular complexity index is 540. The summed E-state index contributed by atoms with van der Waals surface area (Å²) in [7, 11) is 1.89. The van der Waals surface area contributed by atoms with Crippen LogP contribution in [0.4, 0.5) is 5.82 Å². The summed E-state index contributed by atoms with van der Waals surface area (Å²) in [6.07, 6.45) is 8.95. The van der Waals surface area contributed by atoms with Crippen LogP contribution < -0.4 is 5.32 Å². The molecule has 1 saturated heterocycles. The Morgan fingerprint density at radius 3 is 2.87 bits per heavy atom. The minimum absolute atomic E-state index is 0.115. The molecular weight excluding hydrogens is 290 g/mol. The lowest BCUT2D eigenvalue weighted by atomic mass is 9.73. The number of rotatable bonds is 4. The molecule has 5 nitrogen and oxygen atoms in total. The second-order valence-electron chi connectivity index (χ2n) is 7.59. The predicted molar refractivity (Wildman–Crippen MR) is 90.4 cm³/mol. The summed E-state index contributed by atoms with van der Waals surface area (Å²) in [5, 5.41) is 7.64. The molecule has 5 heteroatoms. The number of anilines is 1. The maximum absolute atomic E-state index is 12.4. The average molecular weight is 319 g/mol. The van der Waals surface area contributed by atoms with Crippen molar-refractivity contribution in [3.63, 3.8) is 0 Å². The second-order valence-corrected chi connectivity index (χ2v) is 7.59. The van der Waals surface area contributed by atoms with Gasteiger partial charge in [0, 0.05) is 32.1 Å². The third-order valence-electron chi connectivity index (χ3n) is 5.39. The molecule has 0 spiro atoms. The fourth-order valence-electron chi connectivity index (χ4n) is 3.94. The Morgan fingerprint density at radius 1 is 1.39 bits per heavy atom. The lowest BCUT2D eigenvalue weighted by molar-refractivity contribution is -0.118. The molecule has 0 aromatic carbocycles. The van der Waals surface area contributed by atoms with E-state index in [-0.39, 0.29) is 11.3 Å². The molecule has 0 bridgehead atoms. The number of hydrogen-bond donors (Lipinski definition) is 1. The number of hydrogen-bond acceptors (Lipinski definition) is 3. The van der Waals surface area contributed by atoms with E-state index in [1.54, 1.807) is 4.68 Å². The van der Waals surface area contributed by atoms with E-state index in [4.69, 9.17) is 4.74 Å². The Morgan fingerprint density at radius 2 is 2.17 bits per heavy atom. The van der Waals surface area contributed by atoms with Crippen molar-refractivity contribution in [1.29, 1.82) is 0 Å². The molecule has 23 heavy (non-hydrogen) atoms. The zero-order valence-electron chi connectivity index (χ0n) is 14.4. The first-order valence-corrected chi connectivity index (χ1v) is 8.97. The van der Waals surface area contributed by atoms with Gasteiger partial charge in [0.2, 0.25) is 5.91 Å². The van der Waals surface area contributed by atoms with Crippen molar-refractivity contribution in [3.05, 3.63) is 11.8 Å². The van der Waals surface area contributed by atoms with E-state index in [1.165, 1.54) is 19.3 Å². The highest BCUT2D eigenvalue weighted by molar-refractivity contribution is 5.90. The van der Waals surface area contributed by atoms with Crippen LogP contribution in [-0.4, -0.2) is 28.9 Å². The van der Waals surface area contributed by atoms with Crippen molar-refractivity contribution in [2.45, 2.75) is 64.2 Å². The number of nitrogens with one attached hydrogen (secondary N) is 1. The molecule has 1 amide bonds. The molecule has 1 saturated carbocycles. The zero-order chi connectivity index (χ0) is 16.3. The molecule has 1 aliphatic heterocycles. The van der Waals surface area contributed by atoms with Crippen molar-refractivity contribution < 1.29 is 9.53 Å². The van der Waals surface area contributed by atoms with Crippen molar-refractivity contribution in [1.82, 2.24) is 9.78 Å². The normalized spacial score (nSPS) is 24.3. The van der Waals surface area contributed by atoms with Crippen molar-refractivity contribution >= 4 is 11.7 Å². The number of amides is 1. The van der Waals surface area contributed by atoms with E-state index in [0.717, 1.165) is 50.4 Å². The van der Waals surface area contributed by atoms with Crippen LogP contribution >= 0.6 is 0 Å². The van der Waals surface area contributed by atoms with Gasteiger partial charge in [0.1, 0.15) is 5.82 Å². The molecule has 1 atom stereocenters. The van der Waals surface area contributed by atoms with Gasteiger partial charge in [-0.2, -0.15) is 5.10 Å². The van der Waals surface area contributed by atoms with Gasteiger partial charge in [-0.05, 0) is 31.1 Å². The molecule has 0 radical (unpaired) electrons. The highest BCUT2D eigenvalue weighted by Gasteiger charge is 2.30. The standard InChI is InChI=1S/C18H29N3O2/c1-18(8-4-3-5-9-18)12-17(22)19-16-11-15(20-21(16)2)14-7-6-10-23-13-14/h11,14H,3-10,12-13H2,1-2H3,(H,19,22)/t14-/m1/s1. The molecular formula is C18H29N3O2. The second kappa shape index (κ2) is 7.04.